The summed E-state index contributed by atoms with van der Waals surface area (Å²) in [6.07, 6.45) is 1.44. The number of carboxylic acids is 1. The first-order valence-electron chi connectivity index (χ1n) is 6.96. The van der Waals surface area contributed by atoms with E-state index in [1.165, 1.54) is 16.8 Å². The minimum atomic E-state index is -0.999. The average Bonchev–Trinajstić information content (AvgIpc) is 2.94. The van der Waals surface area contributed by atoms with E-state index in [9.17, 15) is 9.18 Å². The predicted octanol–water partition coefficient (Wildman–Crippen LogP) is 4.61. The fourth-order valence-electron chi connectivity index (χ4n) is 2.31. The molecule has 0 fully saturated rings. The lowest BCUT2D eigenvalue weighted by Gasteiger charge is -2.02. The number of halogens is 3. The molecule has 0 radical (unpaired) electrons. The van der Waals surface area contributed by atoms with E-state index in [-0.39, 0.29) is 12.2 Å². The van der Waals surface area contributed by atoms with Crippen molar-refractivity contribution in [2.24, 2.45) is 0 Å². The van der Waals surface area contributed by atoms with Crippen LogP contribution in [0.5, 0.6) is 0 Å². The third-order valence-electron chi connectivity index (χ3n) is 3.43. The maximum atomic E-state index is 13.1. The van der Waals surface area contributed by atoms with E-state index in [0.29, 0.717) is 32.6 Å². The Balaban J connectivity index is 2.11. The SMILES string of the molecule is O=C(O)Cc1nn(-c2ccc(F)cc2)cc1-c1ccc(Cl)c(Cl)c1. The van der Waals surface area contributed by atoms with Gasteiger partial charge in [0.2, 0.25) is 0 Å². The normalized spacial score (nSPS) is 10.8. The summed E-state index contributed by atoms with van der Waals surface area (Å²) in [5.74, 6) is -1.36. The third-order valence-corrected chi connectivity index (χ3v) is 4.17. The fraction of sp³-hybridized carbons (Fsp3) is 0.0588. The van der Waals surface area contributed by atoms with Crippen molar-refractivity contribution in [3.05, 3.63) is 70.2 Å². The van der Waals surface area contributed by atoms with Crippen molar-refractivity contribution < 1.29 is 14.3 Å². The highest BCUT2D eigenvalue weighted by Gasteiger charge is 2.16. The number of rotatable bonds is 4. The standard InChI is InChI=1S/C17H11Cl2FN2O2/c18-14-6-1-10(7-15(14)19)13-9-22(21-16(13)8-17(23)24)12-4-2-11(20)3-5-12/h1-7,9H,8H2,(H,23,24). The fourth-order valence-corrected chi connectivity index (χ4v) is 2.61. The summed E-state index contributed by atoms with van der Waals surface area (Å²) in [5.41, 5.74) is 2.33. The number of benzene rings is 2. The zero-order valence-electron chi connectivity index (χ0n) is 12.2. The monoisotopic (exact) mass is 364 g/mol. The molecule has 0 atom stereocenters. The van der Waals surface area contributed by atoms with Crippen molar-refractivity contribution in [2.75, 3.05) is 0 Å². The van der Waals surface area contributed by atoms with E-state index < -0.39 is 5.97 Å². The first kappa shape index (κ1) is 16.5. The Kier molecular flexibility index (Phi) is 4.55. The zero-order chi connectivity index (χ0) is 17.3. The van der Waals surface area contributed by atoms with Crippen LogP contribution in [-0.4, -0.2) is 20.9 Å². The number of carboxylic acid groups (broad SMARTS) is 1. The van der Waals surface area contributed by atoms with Gasteiger partial charge in [-0.15, -0.1) is 0 Å². The molecular formula is C17H11Cl2FN2O2. The summed E-state index contributed by atoms with van der Waals surface area (Å²) in [6.45, 7) is 0. The Bertz CT molecular complexity index is 907. The van der Waals surface area contributed by atoms with E-state index in [4.69, 9.17) is 28.3 Å². The molecule has 0 amide bonds. The Hall–Kier alpha value is -2.37. The minimum absolute atomic E-state index is 0.246. The molecular weight excluding hydrogens is 354 g/mol. The summed E-state index contributed by atoms with van der Waals surface area (Å²) in [6, 6.07) is 10.8. The molecule has 2 aromatic carbocycles. The van der Waals surface area contributed by atoms with Crippen LogP contribution in [0, 0.1) is 5.82 Å². The lowest BCUT2D eigenvalue weighted by atomic mass is 10.1. The summed E-state index contributed by atoms with van der Waals surface area (Å²) < 4.78 is 14.6. The molecule has 7 heteroatoms. The van der Waals surface area contributed by atoms with Gasteiger partial charge in [-0.1, -0.05) is 29.3 Å². The second kappa shape index (κ2) is 6.63. The van der Waals surface area contributed by atoms with Crippen LogP contribution in [0.25, 0.3) is 16.8 Å². The van der Waals surface area contributed by atoms with E-state index in [0.717, 1.165) is 0 Å². The average molecular weight is 365 g/mol. The van der Waals surface area contributed by atoms with E-state index in [2.05, 4.69) is 5.10 Å². The number of hydrogen-bond acceptors (Lipinski definition) is 2. The van der Waals surface area contributed by atoms with Crippen molar-refractivity contribution in [3.63, 3.8) is 0 Å². The molecule has 24 heavy (non-hydrogen) atoms. The van der Waals surface area contributed by atoms with Crippen LogP contribution in [0.2, 0.25) is 10.0 Å². The van der Waals surface area contributed by atoms with Gasteiger partial charge in [-0.25, -0.2) is 9.07 Å². The Labute approximate surface area is 147 Å². The van der Waals surface area contributed by atoms with Gasteiger partial charge < -0.3 is 5.11 Å². The van der Waals surface area contributed by atoms with Gasteiger partial charge in [0.15, 0.2) is 0 Å². The van der Waals surface area contributed by atoms with Crippen LogP contribution < -0.4 is 0 Å². The minimum Gasteiger partial charge on any atom is -0.481 e. The van der Waals surface area contributed by atoms with E-state index >= 15 is 0 Å². The van der Waals surface area contributed by atoms with Crippen molar-refractivity contribution in [2.45, 2.75) is 6.42 Å². The van der Waals surface area contributed by atoms with Gasteiger partial charge in [0.1, 0.15) is 5.82 Å². The number of aromatic nitrogens is 2. The highest BCUT2D eigenvalue weighted by atomic mass is 35.5. The van der Waals surface area contributed by atoms with Gasteiger partial charge in [0.05, 0.1) is 27.8 Å². The lowest BCUT2D eigenvalue weighted by molar-refractivity contribution is -0.136. The maximum absolute atomic E-state index is 13.1. The summed E-state index contributed by atoms with van der Waals surface area (Å²) in [5, 5.41) is 14.2. The molecule has 1 aromatic heterocycles. The topological polar surface area (TPSA) is 55.1 Å². The summed E-state index contributed by atoms with van der Waals surface area (Å²) in [7, 11) is 0. The number of aliphatic carboxylic acids is 1. The number of nitrogens with zero attached hydrogens (tertiary/aromatic N) is 2. The van der Waals surface area contributed by atoms with Crippen LogP contribution >= 0.6 is 23.2 Å². The van der Waals surface area contributed by atoms with E-state index in [1.807, 2.05) is 0 Å². The first-order chi connectivity index (χ1) is 11.4. The highest BCUT2D eigenvalue weighted by Crippen LogP contribution is 2.31. The number of hydrogen-bond donors (Lipinski definition) is 1. The maximum Gasteiger partial charge on any atom is 0.309 e. The van der Waals surface area contributed by atoms with Crippen LogP contribution in [-0.2, 0) is 11.2 Å². The Morgan fingerprint density at radius 3 is 2.46 bits per heavy atom. The Morgan fingerprint density at radius 1 is 1.12 bits per heavy atom. The van der Waals surface area contributed by atoms with E-state index in [1.54, 1.807) is 36.5 Å². The molecule has 3 aromatic rings. The smallest absolute Gasteiger partial charge is 0.309 e. The third kappa shape index (κ3) is 3.42. The molecule has 1 heterocycles. The predicted molar refractivity (Wildman–Crippen MR) is 90.3 cm³/mol. The lowest BCUT2D eigenvalue weighted by Crippen LogP contribution is -2.03. The second-order valence-electron chi connectivity index (χ2n) is 5.11. The molecule has 0 spiro atoms. The first-order valence-corrected chi connectivity index (χ1v) is 7.71. The quantitative estimate of drug-likeness (QED) is 0.735. The molecule has 0 aliphatic rings. The van der Waals surface area contributed by atoms with Gasteiger partial charge in [0, 0.05) is 11.8 Å². The summed E-state index contributed by atoms with van der Waals surface area (Å²) in [4.78, 5) is 11.1. The van der Waals surface area contributed by atoms with Gasteiger partial charge in [-0.2, -0.15) is 5.10 Å². The van der Waals surface area contributed by atoms with Gasteiger partial charge in [0.25, 0.3) is 0 Å². The van der Waals surface area contributed by atoms with Crippen LogP contribution in [0.15, 0.2) is 48.7 Å². The zero-order valence-corrected chi connectivity index (χ0v) is 13.7. The molecule has 4 nitrogen and oxygen atoms in total. The molecule has 0 aliphatic heterocycles. The molecule has 122 valence electrons. The molecule has 0 bridgehead atoms. The molecule has 1 N–H and O–H groups in total. The molecule has 3 rings (SSSR count). The van der Waals surface area contributed by atoms with Gasteiger partial charge in [-0.3, -0.25) is 4.79 Å². The van der Waals surface area contributed by atoms with Crippen molar-refractivity contribution in [1.82, 2.24) is 9.78 Å². The molecule has 0 saturated heterocycles. The van der Waals surface area contributed by atoms with Crippen LogP contribution in [0.3, 0.4) is 0 Å². The Morgan fingerprint density at radius 2 is 1.83 bits per heavy atom. The van der Waals surface area contributed by atoms with Gasteiger partial charge in [-0.05, 0) is 42.0 Å². The molecule has 0 aliphatic carbocycles. The summed E-state index contributed by atoms with van der Waals surface area (Å²) >= 11 is 12.0. The second-order valence-corrected chi connectivity index (χ2v) is 5.92. The van der Waals surface area contributed by atoms with Crippen molar-refractivity contribution in [1.29, 1.82) is 0 Å². The highest BCUT2D eigenvalue weighted by molar-refractivity contribution is 6.42. The van der Waals surface area contributed by atoms with Crippen molar-refractivity contribution >= 4 is 29.2 Å². The number of carbonyl (C=O) groups is 1. The van der Waals surface area contributed by atoms with Crippen LogP contribution in [0.1, 0.15) is 5.69 Å². The largest absolute Gasteiger partial charge is 0.481 e. The van der Waals surface area contributed by atoms with Crippen LogP contribution in [0.4, 0.5) is 4.39 Å². The molecule has 0 saturated carbocycles. The molecule has 0 unspecified atom stereocenters. The van der Waals surface area contributed by atoms with Crippen molar-refractivity contribution in [3.8, 4) is 16.8 Å². The van der Waals surface area contributed by atoms with Gasteiger partial charge >= 0.3 is 5.97 Å².